The zero-order valence-corrected chi connectivity index (χ0v) is 18.1. The molecule has 0 aliphatic carbocycles. The number of benzene rings is 1. The Morgan fingerprint density at radius 2 is 1.97 bits per heavy atom. The maximum absolute atomic E-state index is 12.7. The van der Waals surface area contributed by atoms with Gasteiger partial charge in [-0.2, -0.15) is 0 Å². The fourth-order valence-electron chi connectivity index (χ4n) is 3.24. The molecule has 2 N–H and O–H groups in total. The van der Waals surface area contributed by atoms with Gasteiger partial charge < -0.3 is 20.3 Å². The zero-order chi connectivity index (χ0) is 22.4. The molecule has 8 heteroatoms. The van der Waals surface area contributed by atoms with Crippen molar-refractivity contribution in [2.75, 3.05) is 25.0 Å². The Hall–Kier alpha value is -3.42. The third kappa shape index (κ3) is 6.28. The second kappa shape index (κ2) is 9.59. The minimum absolute atomic E-state index is 0.0872. The highest BCUT2D eigenvalue weighted by atomic mass is 16.6. The van der Waals surface area contributed by atoms with Crippen LogP contribution in [-0.4, -0.2) is 52.9 Å². The molecule has 0 saturated heterocycles. The average molecular weight is 425 g/mol. The second-order valence-electron chi connectivity index (χ2n) is 8.33. The van der Waals surface area contributed by atoms with Crippen LogP contribution in [0.15, 0.2) is 42.6 Å². The molecule has 0 bridgehead atoms. The van der Waals surface area contributed by atoms with Gasteiger partial charge in [-0.05, 0) is 50.6 Å². The molecule has 0 fully saturated rings. The first kappa shape index (κ1) is 22.3. The van der Waals surface area contributed by atoms with Crippen LogP contribution in [0.2, 0.25) is 0 Å². The first-order valence-corrected chi connectivity index (χ1v) is 10.3. The minimum Gasteiger partial charge on any atom is -0.460 e. The van der Waals surface area contributed by atoms with Gasteiger partial charge in [0.1, 0.15) is 11.4 Å². The zero-order valence-electron chi connectivity index (χ0n) is 18.1. The number of anilines is 1. The predicted molar refractivity (Wildman–Crippen MR) is 117 cm³/mol. The summed E-state index contributed by atoms with van der Waals surface area (Å²) in [4.78, 5) is 42.9. The van der Waals surface area contributed by atoms with Gasteiger partial charge in [-0.15, -0.1) is 0 Å². The number of rotatable bonds is 8. The van der Waals surface area contributed by atoms with E-state index in [0.717, 1.165) is 11.4 Å². The lowest BCUT2D eigenvalue weighted by molar-refractivity contribution is -0.154. The van der Waals surface area contributed by atoms with Gasteiger partial charge in [0.15, 0.2) is 0 Å². The van der Waals surface area contributed by atoms with Crippen LogP contribution in [0.5, 0.6) is 0 Å². The molecule has 0 saturated carbocycles. The molecule has 1 aliphatic rings. The highest BCUT2D eigenvalue weighted by molar-refractivity contribution is 6.02. The quantitative estimate of drug-likeness (QED) is 0.632. The molecule has 2 heterocycles. The van der Waals surface area contributed by atoms with Crippen molar-refractivity contribution >= 4 is 23.6 Å². The first-order chi connectivity index (χ1) is 14.7. The van der Waals surface area contributed by atoms with Gasteiger partial charge in [0, 0.05) is 43.5 Å². The Labute approximate surface area is 182 Å². The number of ether oxygens (including phenoxy) is 1. The molecule has 3 rings (SSSR count). The number of carbonyl (C=O) groups excluding carboxylic acids is 3. The molecule has 31 heavy (non-hydrogen) atoms. The summed E-state index contributed by atoms with van der Waals surface area (Å²) >= 11 is 0. The Balaban J connectivity index is 1.50. The fourth-order valence-corrected chi connectivity index (χ4v) is 3.24. The van der Waals surface area contributed by atoms with Crippen molar-refractivity contribution in [3.05, 3.63) is 59.3 Å². The van der Waals surface area contributed by atoms with Crippen LogP contribution in [0.1, 0.15) is 53.5 Å². The van der Waals surface area contributed by atoms with Crippen molar-refractivity contribution in [2.24, 2.45) is 0 Å². The summed E-state index contributed by atoms with van der Waals surface area (Å²) < 4.78 is 5.22. The molecule has 1 aromatic heterocycles. The Morgan fingerprint density at radius 3 is 2.68 bits per heavy atom. The molecule has 0 radical (unpaired) electrons. The lowest BCUT2D eigenvalue weighted by Crippen LogP contribution is -2.30. The van der Waals surface area contributed by atoms with Crippen molar-refractivity contribution in [3.63, 3.8) is 0 Å². The third-order valence-electron chi connectivity index (χ3n) is 4.64. The van der Waals surface area contributed by atoms with Gasteiger partial charge in [0.05, 0.1) is 6.42 Å². The Morgan fingerprint density at radius 1 is 1.16 bits per heavy atom. The molecular weight excluding hydrogens is 396 g/mol. The van der Waals surface area contributed by atoms with Crippen molar-refractivity contribution in [2.45, 2.75) is 39.3 Å². The lowest BCUT2D eigenvalue weighted by atomic mass is 10.1. The number of amides is 2. The Kier molecular flexibility index (Phi) is 6.89. The number of pyridine rings is 1. The number of hydrogen-bond acceptors (Lipinski definition) is 6. The van der Waals surface area contributed by atoms with E-state index in [9.17, 15) is 14.4 Å². The largest absolute Gasteiger partial charge is 0.460 e. The highest BCUT2D eigenvalue weighted by Gasteiger charge is 2.28. The van der Waals surface area contributed by atoms with Gasteiger partial charge >= 0.3 is 5.97 Å². The minimum atomic E-state index is -0.555. The van der Waals surface area contributed by atoms with Gasteiger partial charge in [0.25, 0.3) is 11.8 Å². The van der Waals surface area contributed by atoms with Crippen molar-refractivity contribution in [1.82, 2.24) is 15.2 Å². The molecule has 0 atom stereocenters. The van der Waals surface area contributed by atoms with E-state index in [1.807, 2.05) is 24.3 Å². The summed E-state index contributed by atoms with van der Waals surface area (Å²) in [6.45, 7) is 7.17. The van der Waals surface area contributed by atoms with Gasteiger partial charge in [0.2, 0.25) is 0 Å². The van der Waals surface area contributed by atoms with E-state index < -0.39 is 5.60 Å². The van der Waals surface area contributed by atoms with E-state index in [0.29, 0.717) is 30.8 Å². The average Bonchev–Trinajstić information content (AvgIpc) is 3.02. The standard InChI is InChI=1S/C23H28N4O4/c1-23(2,3)31-20(28)9-11-26-21(29)16-7-8-17-15-27(22(30)18(17)14-16)13-12-25-19-6-4-5-10-24-19/h4-8,10,14H,9,11-13,15H2,1-3H3,(H,24,25)(H,26,29). The van der Waals surface area contributed by atoms with Gasteiger partial charge in [-0.25, -0.2) is 4.98 Å². The third-order valence-corrected chi connectivity index (χ3v) is 4.64. The summed E-state index contributed by atoms with van der Waals surface area (Å²) in [7, 11) is 0. The molecule has 2 aromatic rings. The summed E-state index contributed by atoms with van der Waals surface area (Å²) in [5.74, 6) is -0.0282. The van der Waals surface area contributed by atoms with Gasteiger partial charge in [-0.3, -0.25) is 14.4 Å². The summed E-state index contributed by atoms with van der Waals surface area (Å²) in [6.07, 6.45) is 1.79. The van der Waals surface area contributed by atoms with Crippen LogP contribution < -0.4 is 10.6 Å². The van der Waals surface area contributed by atoms with Crippen molar-refractivity contribution < 1.29 is 19.1 Å². The number of carbonyl (C=O) groups is 3. The molecule has 1 aliphatic heterocycles. The fraction of sp³-hybridized carbons (Fsp3) is 0.391. The van der Waals surface area contributed by atoms with Crippen LogP contribution in [0.25, 0.3) is 0 Å². The Bertz CT molecular complexity index is 954. The molecule has 8 nitrogen and oxygen atoms in total. The van der Waals surface area contributed by atoms with Crippen LogP contribution >= 0.6 is 0 Å². The van der Waals surface area contributed by atoms with Crippen LogP contribution in [0.3, 0.4) is 0 Å². The number of fused-ring (bicyclic) bond motifs is 1. The van der Waals surface area contributed by atoms with E-state index in [1.54, 1.807) is 44.0 Å². The molecule has 0 unspecified atom stereocenters. The van der Waals surface area contributed by atoms with E-state index in [2.05, 4.69) is 15.6 Å². The van der Waals surface area contributed by atoms with Crippen molar-refractivity contribution in [1.29, 1.82) is 0 Å². The molecular formula is C23H28N4O4. The topological polar surface area (TPSA) is 101 Å². The normalized spacial score (nSPS) is 13.0. The summed E-state index contributed by atoms with van der Waals surface area (Å²) in [6, 6.07) is 10.7. The van der Waals surface area contributed by atoms with Crippen LogP contribution in [0, 0.1) is 0 Å². The van der Waals surface area contributed by atoms with Gasteiger partial charge in [-0.1, -0.05) is 12.1 Å². The van der Waals surface area contributed by atoms with Crippen LogP contribution in [-0.2, 0) is 16.1 Å². The molecule has 2 amide bonds. The van der Waals surface area contributed by atoms with Crippen LogP contribution in [0.4, 0.5) is 5.82 Å². The van der Waals surface area contributed by atoms with Crippen molar-refractivity contribution in [3.8, 4) is 0 Å². The van der Waals surface area contributed by atoms with E-state index >= 15 is 0 Å². The molecule has 164 valence electrons. The predicted octanol–water partition coefficient (Wildman–Crippen LogP) is 2.61. The van der Waals surface area contributed by atoms with E-state index in [4.69, 9.17) is 4.74 Å². The number of nitrogens with one attached hydrogen (secondary N) is 2. The first-order valence-electron chi connectivity index (χ1n) is 10.3. The summed E-state index contributed by atoms with van der Waals surface area (Å²) in [5.41, 5.74) is 1.27. The van der Waals surface area contributed by atoms with E-state index in [-0.39, 0.29) is 30.7 Å². The smallest absolute Gasteiger partial charge is 0.308 e. The monoisotopic (exact) mass is 424 g/mol. The highest BCUT2D eigenvalue weighted by Crippen LogP contribution is 2.23. The number of nitrogens with zero attached hydrogens (tertiary/aromatic N) is 2. The SMILES string of the molecule is CC(C)(C)OC(=O)CCNC(=O)c1ccc2c(c1)C(=O)N(CCNc1ccccn1)C2. The molecule has 1 aromatic carbocycles. The maximum atomic E-state index is 12.7. The number of esters is 1. The van der Waals surface area contributed by atoms with E-state index in [1.165, 1.54) is 0 Å². The number of aromatic nitrogens is 1. The second-order valence-corrected chi connectivity index (χ2v) is 8.33. The maximum Gasteiger partial charge on any atom is 0.308 e. The molecule has 0 spiro atoms. The number of hydrogen-bond donors (Lipinski definition) is 2. The lowest BCUT2D eigenvalue weighted by Gasteiger charge is -2.19. The summed E-state index contributed by atoms with van der Waals surface area (Å²) in [5, 5.41) is 5.89.